The summed E-state index contributed by atoms with van der Waals surface area (Å²) in [5, 5.41) is 0. The Bertz CT molecular complexity index is 500. The summed E-state index contributed by atoms with van der Waals surface area (Å²) in [6.07, 6.45) is 1.51. The van der Waals surface area contributed by atoms with Gasteiger partial charge in [0.05, 0.1) is 0 Å². The van der Waals surface area contributed by atoms with E-state index in [1.165, 1.54) is 0 Å². The van der Waals surface area contributed by atoms with Crippen molar-refractivity contribution < 1.29 is 4.79 Å². The van der Waals surface area contributed by atoms with Crippen LogP contribution in [0.4, 0.5) is 0 Å². The molecule has 0 spiro atoms. The lowest BCUT2D eigenvalue weighted by atomic mass is 9.95. The number of ketones is 1. The molecule has 0 aliphatic rings. The third kappa shape index (κ3) is 2.62. The Morgan fingerprint density at radius 1 is 0.941 bits per heavy atom. The third-order valence-corrected chi connectivity index (χ3v) is 2.79. The van der Waals surface area contributed by atoms with E-state index in [0.29, 0.717) is 6.42 Å². The van der Waals surface area contributed by atoms with Gasteiger partial charge in [-0.2, -0.15) is 0 Å². The van der Waals surface area contributed by atoms with Crippen LogP contribution in [0.2, 0.25) is 0 Å². The maximum absolute atomic E-state index is 12.0. The van der Waals surface area contributed by atoms with Gasteiger partial charge in [-0.05, 0) is 17.5 Å². The first kappa shape index (κ1) is 11.6. The van der Waals surface area contributed by atoms with Crippen molar-refractivity contribution in [1.29, 1.82) is 0 Å². The van der Waals surface area contributed by atoms with Crippen molar-refractivity contribution in [3.05, 3.63) is 60.2 Å². The van der Waals surface area contributed by atoms with Crippen molar-refractivity contribution in [3.63, 3.8) is 0 Å². The molecule has 0 saturated heterocycles. The molecule has 0 aliphatic carbocycles. The van der Waals surface area contributed by atoms with E-state index in [1.54, 1.807) is 0 Å². The number of benzene rings is 2. The molecule has 2 rings (SSSR count). The molecule has 1 heteroatoms. The van der Waals surface area contributed by atoms with Gasteiger partial charge in [-0.3, -0.25) is 4.79 Å². The van der Waals surface area contributed by atoms with Crippen molar-refractivity contribution >= 4 is 5.78 Å². The van der Waals surface area contributed by atoms with Gasteiger partial charge in [0, 0.05) is 12.0 Å². The van der Waals surface area contributed by atoms with E-state index in [9.17, 15) is 4.79 Å². The highest BCUT2D eigenvalue weighted by atomic mass is 16.1. The summed E-state index contributed by atoms with van der Waals surface area (Å²) in [6.45, 7) is 2.03. The van der Waals surface area contributed by atoms with Crippen molar-refractivity contribution in [2.24, 2.45) is 0 Å². The third-order valence-electron chi connectivity index (χ3n) is 2.79. The highest BCUT2D eigenvalue weighted by Gasteiger charge is 2.10. The first-order valence-electron chi connectivity index (χ1n) is 6.00. The molecule has 1 nitrogen and oxygen atoms in total. The van der Waals surface area contributed by atoms with Crippen LogP contribution >= 0.6 is 0 Å². The smallest absolute Gasteiger partial charge is 0.163 e. The zero-order valence-corrected chi connectivity index (χ0v) is 10.0. The van der Waals surface area contributed by atoms with Gasteiger partial charge in [-0.1, -0.05) is 61.5 Å². The second-order valence-corrected chi connectivity index (χ2v) is 4.08. The van der Waals surface area contributed by atoms with Crippen LogP contribution in [0, 0.1) is 0 Å². The molecule has 0 bridgehead atoms. The molecule has 0 saturated carbocycles. The minimum Gasteiger partial charge on any atom is -0.294 e. The van der Waals surface area contributed by atoms with Crippen LogP contribution < -0.4 is 0 Å². The Kier molecular flexibility index (Phi) is 3.71. The van der Waals surface area contributed by atoms with Crippen LogP contribution in [0.1, 0.15) is 30.1 Å². The Balaban J connectivity index is 2.45. The fraction of sp³-hybridized carbons (Fsp3) is 0.188. The molecule has 0 unspecified atom stereocenters. The van der Waals surface area contributed by atoms with Gasteiger partial charge >= 0.3 is 0 Å². The van der Waals surface area contributed by atoms with Gasteiger partial charge in [0.25, 0.3) is 0 Å². The molecule has 0 amide bonds. The van der Waals surface area contributed by atoms with Gasteiger partial charge in [-0.25, -0.2) is 0 Å². The quantitative estimate of drug-likeness (QED) is 0.706. The summed E-state index contributed by atoms with van der Waals surface area (Å²) in [4.78, 5) is 12.0. The molecule has 0 atom stereocenters. The van der Waals surface area contributed by atoms with E-state index in [-0.39, 0.29) is 5.78 Å². The lowest BCUT2D eigenvalue weighted by Crippen LogP contribution is -2.00. The monoisotopic (exact) mass is 224 g/mol. The molecule has 0 N–H and O–H groups in total. The van der Waals surface area contributed by atoms with Crippen LogP contribution in [0.15, 0.2) is 54.6 Å². The van der Waals surface area contributed by atoms with Crippen LogP contribution in [0.3, 0.4) is 0 Å². The lowest BCUT2D eigenvalue weighted by Gasteiger charge is -2.08. The van der Waals surface area contributed by atoms with E-state index in [1.807, 2.05) is 61.5 Å². The second kappa shape index (κ2) is 5.44. The van der Waals surface area contributed by atoms with Gasteiger partial charge in [-0.15, -0.1) is 0 Å². The number of hydrogen-bond acceptors (Lipinski definition) is 1. The minimum atomic E-state index is 0.229. The van der Waals surface area contributed by atoms with Crippen LogP contribution in [0.5, 0.6) is 0 Å². The number of carbonyl (C=O) groups excluding carboxylic acids is 1. The van der Waals surface area contributed by atoms with E-state index in [0.717, 1.165) is 23.1 Å². The minimum absolute atomic E-state index is 0.229. The summed E-state index contributed by atoms with van der Waals surface area (Å²) in [5.41, 5.74) is 2.97. The normalized spacial score (nSPS) is 10.2. The molecule has 0 aromatic heterocycles. The van der Waals surface area contributed by atoms with Crippen LogP contribution in [-0.4, -0.2) is 5.78 Å². The summed E-state index contributed by atoms with van der Waals surface area (Å²) < 4.78 is 0. The van der Waals surface area contributed by atoms with E-state index >= 15 is 0 Å². The molecule has 0 radical (unpaired) electrons. The van der Waals surface area contributed by atoms with Gasteiger partial charge < -0.3 is 0 Å². The fourth-order valence-corrected chi connectivity index (χ4v) is 1.96. The van der Waals surface area contributed by atoms with Gasteiger partial charge in [0.15, 0.2) is 5.78 Å². The number of Topliss-reactive ketones (excluding diaryl/α,β-unsaturated/α-hetero) is 1. The highest BCUT2D eigenvalue weighted by molar-refractivity contribution is 6.02. The molecular weight excluding hydrogens is 208 g/mol. The molecule has 0 heterocycles. The summed E-state index contributed by atoms with van der Waals surface area (Å²) in [7, 11) is 0. The average molecular weight is 224 g/mol. The Labute approximate surface area is 102 Å². The van der Waals surface area contributed by atoms with Crippen molar-refractivity contribution in [2.75, 3.05) is 0 Å². The van der Waals surface area contributed by atoms with Crippen LogP contribution in [-0.2, 0) is 0 Å². The SMILES string of the molecule is CCCC(=O)c1ccccc1-c1ccccc1. The summed E-state index contributed by atoms with van der Waals surface area (Å²) in [6, 6.07) is 17.9. The topological polar surface area (TPSA) is 17.1 Å². The summed E-state index contributed by atoms with van der Waals surface area (Å²) in [5.74, 6) is 0.229. The first-order valence-corrected chi connectivity index (χ1v) is 6.00. The first-order chi connectivity index (χ1) is 8.33. The Morgan fingerprint density at radius 2 is 1.59 bits per heavy atom. The second-order valence-electron chi connectivity index (χ2n) is 4.08. The molecule has 17 heavy (non-hydrogen) atoms. The molecule has 2 aromatic rings. The largest absolute Gasteiger partial charge is 0.294 e. The number of rotatable bonds is 4. The molecule has 0 fully saturated rings. The maximum Gasteiger partial charge on any atom is 0.163 e. The lowest BCUT2D eigenvalue weighted by molar-refractivity contribution is 0.0982. The van der Waals surface area contributed by atoms with Crippen molar-refractivity contribution in [3.8, 4) is 11.1 Å². The number of hydrogen-bond donors (Lipinski definition) is 0. The average Bonchev–Trinajstić information content (AvgIpc) is 2.40. The van der Waals surface area contributed by atoms with E-state index < -0.39 is 0 Å². The number of carbonyl (C=O) groups is 1. The maximum atomic E-state index is 12.0. The Hall–Kier alpha value is -1.89. The van der Waals surface area contributed by atoms with Crippen LogP contribution in [0.25, 0.3) is 11.1 Å². The molecule has 0 aliphatic heterocycles. The fourth-order valence-electron chi connectivity index (χ4n) is 1.96. The Morgan fingerprint density at radius 3 is 2.29 bits per heavy atom. The summed E-state index contributed by atoms with van der Waals surface area (Å²) >= 11 is 0. The zero-order chi connectivity index (χ0) is 12.1. The molecule has 86 valence electrons. The predicted molar refractivity (Wildman–Crippen MR) is 71.1 cm³/mol. The molecular formula is C16H16O. The van der Waals surface area contributed by atoms with E-state index in [2.05, 4.69) is 0 Å². The standard InChI is InChI=1S/C16H16O/c1-2-8-16(17)15-12-7-6-11-14(15)13-9-4-3-5-10-13/h3-7,9-12H,2,8H2,1H3. The molecule has 2 aromatic carbocycles. The van der Waals surface area contributed by atoms with Gasteiger partial charge in [0.2, 0.25) is 0 Å². The van der Waals surface area contributed by atoms with E-state index in [4.69, 9.17) is 0 Å². The highest BCUT2D eigenvalue weighted by Crippen LogP contribution is 2.24. The van der Waals surface area contributed by atoms with Crippen molar-refractivity contribution in [1.82, 2.24) is 0 Å². The predicted octanol–water partition coefficient (Wildman–Crippen LogP) is 4.34. The van der Waals surface area contributed by atoms with Gasteiger partial charge in [0.1, 0.15) is 0 Å². The van der Waals surface area contributed by atoms with Crippen molar-refractivity contribution in [2.45, 2.75) is 19.8 Å². The zero-order valence-electron chi connectivity index (χ0n) is 10.0.